The Labute approximate surface area is 135 Å². The van der Waals surface area contributed by atoms with Crippen LogP contribution in [0.4, 0.5) is 5.69 Å². The number of hydrogen-bond donors (Lipinski definition) is 2. The minimum atomic E-state index is 0.174. The van der Waals surface area contributed by atoms with Gasteiger partial charge in [0.15, 0.2) is 10.7 Å². The fourth-order valence-corrected chi connectivity index (χ4v) is 2.41. The van der Waals surface area contributed by atoms with Gasteiger partial charge in [0, 0.05) is 10.7 Å². The first kappa shape index (κ1) is 14.1. The second kappa shape index (κ2) is 5.52. The summed E-state index contributed by atoms with van der Waals surface area (Å²) in [6.07, 6.45) is 0. The lowest BCUT2D eigenvalue weighted by molar-refractivity contribution is 0.620. The quantitative estimate of drug-likeness (QED) is 0.676. The molecule has 3 rings (SSSR count). The van der Waals surface area contributed by atoms with Crippen LogP contribution in [0.1, 0.15) is 0 Å². The molecule has 106 valence electrons. The second-order valence-electron chi connectivity index (χ2n) is 4.31. The molecule has 7 heteroatoms. The number of rotatable bonds is 2. The van der Waals surface area contributed by atoms with Crippen LogP contribution < -0.4 is 11.1 Å². The Kier molecular flexibility index (Phi) is 3.71. The smallest absolute Gasteiger partial charge is 0.228 e. The summed E-state index contributed by atoms with van der Waals surface area (Å²) < 4.78 is 5.70. The van der Waals surface area contributed by atoms with E-state index in [1.807, 2.05) is 0 Å². The summed E-state index contributed by atoms with van der Waals surface area (Å²) in [5, 5.41) is 4.13. The minimum absolute atomic E-state index is 0.174. The molecule has 1 heterocycles. The number of nitrogens with one attached hydrogen (secondary N) is 1. The Morgan fingerprint density at radius 1 is 1.19 bits per heavy atom. The van der Waals surface area contributed by atoms with Crippen molar-refractivity contribution >= 4 is 57.3 Å². The SMILES string of the molecule is NC(=S)Nc1ccc(Cl)c(-c2nc3cc(Cl)ccc3o2)c1. The number of nitrogens with two attached hydrogens (primary N) is 1. The lowest BCUT2D eigenvalue weighted by atomic mass is 10.2. The van der Waals surface area contributed by atoms with E-state index in [1.54, 1.807) is 36.4 Å². The molecular formula is C14H9Cl2N3OS. The van der Waals surface area contributed by atoms with Gasteiger partial charge in [-0.25, -0.2) is 4.98 Å². The van der Waals surface area contributed by atoms with Gasteiger partial charge in [0.2, 0.25) is 5.89 Å². The predicted molar refractivity (Wildman–Crippen MR) is 89.9 cm³/mol. The van der Waals surface area contributed by atoms with E-state index in [0.29, 0.717) is 38.3 Å². The van der Waals surface area contributed by atoms with Gasteiger partial charge in [-0.2, -0.15) is 0 Å². The van der Waals surface area contributed by atoms with E-state index < -0.39 is 0 Å². The number of oxazole rings is 1. The van der Waals surface area contributed by atoms with Crippen molar-refractivity contribution in [1.29, 1.82) is 0 Å². The minimum Gasteiger partial charge on any atom is -0.436 e. The van der Waals surface area contributed by atoms with Crippen molar-refractivity contribution in [3.63, 3.8) is 0 Å². The number of thiocarbonyl (C=S) groups is 1. The van der Waals surface area contributed by atoms with Crippen molar-refractivity contribution in [3.8, 4) is 11.5 Å². The largest absolute Gasteiger partial charge is 0.436 e. The molecule has 0 saturated heterocycles. The molecule has 0 aliphatic carbocycles. The average Bonchev–Trinajstić information content (AvgIpc) is 2.83. The zero-order valence-electron chi connectivity index (χ0n) is 10.6. The van der Waals surface area contributed by atoms with Crippen molar-refractivity contribution in [2.75, 3.05) is 5.32 Å². The molecule has 3 aromatic rings. The molecule has 21 heavy (non-hydrogen) atoms. The summed E-state index contributed by atoms with van der Waals surface area (Å²) in [6.45, 7) is 0. The van der Waals surface area contributed by atoms with E-state index >= 15 is 0 Å². The van der Waals surface area contributed by atoms with Crippen LogP contribution in [-0.2, 0) is 0 Å². The summed E-state index contributed by atoms with van der Waals surface area (Å²) in [7, 11) is 0. The summed E-state index contributed by atoms with van der Waals surface area (Å²) in [5.41, 5.74) is 8.12. The Hall–Kier alpha value is -1.82. The molecule has 0 saturated carbocycles. The van der Waals surface area contributed by atoms with Crippen molar-refractivity contribution in [2.24, 2.45) is 5.73 Å². The van der Waals surface area contributed by atoms with Gasteiger partial charge >= 0.3 is 0 Å². The fourth-order valence-electron chi connectivity index (χ4n) is 1.92. The van der Waals surface area contributed by atoms with Gasteiger partial charge in [-0.1, -0.05) is 23.2 Å². The first-order chi connectivity index (χ1) is 10.0. The van der Waals surface area contributed by atoms with Crippen molar-refractivity contribution in [2.45, 2.75) is 0 Å². The van der Waals surface area contributed by atoms with Crippen LogP contribution in [-0.4, -0.2) is 10.1 Å². The predicted octanol–water partition coefficient (Wildman–Crippen LogP) is 4.46. The molecule has 3 N–H and O–H groups in total. The van der Waals surface area contributed by atoms with E-state index in [1.165, 1.54) is 0 Å². The number of hydrogen-bond acceptors (Lipinski definition) is 3. The molecule has 0 bridgehead atoms. The van der Waals surface area contributed by atoms with Crippen molar-refractivity contribution < 1.29 is 4.42 Å². The van der Waals surface area contributed by atoms with Crippen LogP contribution in [0.3, 0.4) is 0 Å². The van der Waals surface area contributed by atoms with Gasteiger partial charge in [0.1, 0.15) is 5.52 Å². The maximum absolute atomic E-state index is 6.21. The Morgan fingerprint density at radius 2 is 2.00 bits per heavy atom. The topological polar surface area (TPSA) is 64.1 Å². The molecule has 0 spiro atoms. The molecule has 0 unspecified atom stereocenters. The molecule has 0 radical (unpaired) electrons. The monoisotopic (exact) mass is 337 g/mol. The first-order valence-electron chi connectivity index (χ1n) is 5.95. The van der Waals surface area contributed by atoms with Crippen molar-refractivity contribution in [3.05, 3.63) is 46.4 Å². The van der Waals surface area contributed by atoms with Gasteiger partial charge in [-0.05, 0) is 48.6 Å². The van der Waals surface area contributed by atoms with Crippen LogP contribution in [0.5, 0.6) is 0 Å². The van der Waals surface area contributed by atoms with Gasteiger partial charge in [-0.3, -0.25) is 0 Å². The summed E-state index contributed by atoms with van der Waals surface area (Å²) in [4.78, 5) is 4.40. The Bertz CT molecular complexity index is 847. The molecule has 0 fully saturated rings. The van der Waals surface area contributed by atoms with E-state index in [4.69, 9.17) is 45.6 Å². The van der Waals surface area contributed by atoms with E-state index in [9.17, 15) is 0 Å². The number of nitrogens with zero attached hydrogens (tertiary/aromatic N) is 1. The third-order valence-electron chi connectivity index (χ3n) is 2.81. The first-order valence-corrected chi connectivity index (χ1v) is 7.12. The number of anilines is 1. The zero-order valence-corrected chi connectivity index (χ0v) is 12.9. The van der Waals surface area contributed by atoms with Gasteiger partial charge in [0.25, 0.3) is 0 Å². The zero-order chi connectivity index (χ0) is 15.0. The van der Waals surface area contributed by atoms with Gasteiger partial charge in [-0.15, -0.1) is 0 Å². The Morgan fingerprint density at radius 3 is 2.76 bits per heavy atom. The van der Waals surface area contributed by atoms with Gasteiger partial charge < -0.3 is 15.5 Å². The average molecular weight is 338 g/mol. The van der Waals surface area contributed by atoms with E-state index in [2.05, 4.69) is 10.3 Å². The number of fused-ring (bicyclic) bond motifs is 1. The van der Waals surface area contributed by atoms with Crippen LogP contribution in [0, 0.1) is 0 Å². The highest BCUT2D eigenvalue weighted by atomic mass is 35.5. The van der Waals surface area contributed by atoms with Crippen LogP contribution in [0.15, 0.2) is 40.8 Å². The van der Waals surface area contributed by atoms with Crippen LogP contribution >= 0.6 is 35.4 Å². The summed E-state index contributed by atoms with van der Waals surface area (Å²) in [6, 6.07) is 10.5. The second-order valence-corrected chi connectivity index (χ2v) is 5.60. The lowest BCUT2D eigenvalue weighted by Crippen LogP contribution is -2.18. The Balaban J connectivity index is 2.10. The standard InChI is InChI=1S/C14H9Cl2N3OS/c15-7-1-4-12-11(5-7)19-13(20-12)9-6-8(18-14(17)21)2-3-10(9)16/h1-6H,(H3,17,18,21). The molecule has 0 amide bonds. The summed E-state index contributed by atoms with van der Waals surface area (Å²) in [5.74, 6) is 0.406. The summed E-state index contributed by atoms with van der Waals surface area (Å²) >= 11 is 17.0. The maximum Gasteiger partial charge on any atom is 0.228 e. The highest BCUT2D eigenvalue weighted by molar-refractivity contribution is 7.80. The highest BCUT2D eigenvalue weighted by Gasteiger charge is 2.13. The van der Waals surface area contributed by atoms with E-state index in [0.717, 1.165) is 0 Å². The maximum atomic E-state index is 6.21. The molecule has 0 aliphatic heterocycles. The number of aromatic nitrogens is 1. The van der Waals surface area contributed by atoms with Crippen LogP contribution in [0.25, 0.3) is 22.6 Å². The highest BCUT2D eigenvalue weighted by Crippen LogP contribution is 2.32. The number of halogens is 2. The molecule has 1 aromatic heterocycles. The number of benzene rings is 2. The third kappa shape index (κ3) is 2.95. The van der Waals surface area contributed by atoms with Crippen molar-refractivity contribution in [1.82, 2.24) is 4.98 Å². The molecule has 2 aromatic carbocycles. The van der Waals surface area contributed by atoms with Gasteiger partial charge in [0.05, 0.1) is 10.6 Å². The normalized spacial score (nSPS) is 10.8. The van der Waals surface area contributed by atoms with Crippen LogP contribution in [0.2, 0.25) is 10.0 Å². The lowest BCUT2D eigenvalue weighted by Gasteiger charge is -2.06. The van der Waals surface area contributed by atoms with E-state index in [-0.39, 0.29) is 5.11 Å². The molecule has 4 nitrogen and oxygen atoms in total. The fraction of sp³-hybridized carbons (Fsp3) is 0. The third-order valence-corrected chi connectivity index (χ3v) is 3.48. The molecule has 0 atom stereocenters. The molecule has 0 aliphatic rings. The molecular weight excluding hydrogens is 329 g/mol.